The number of nitrogens with one attached hydrogen (secondary N) is 1. The molecule has 10 heteroatoms. The van der Waals surface area contributed by atoms with Crippen molar-refractivity contribution in [3.63, 3.8) is 0 Å². The Morgan fingerprint density at radius 1 is 1.16 bits per heavy atom. The van der Waals surface area contributed by atoms with Gasteiger partial charge >= 0.3 is 5.97 Å². The number of anilines is 1. The Bertz CT molecular complexity index is 1120. The molecule has 32 heavy (non-hydrogen) atoms. The molecule has 166 valence electrons. The second-order valence-electron chi connectivity index (χ2n) is 6.70. The first-order valence-electron chi connectivity index (χ1n) is 9.56. The van der Waals surface area contributed by atoms with Gasteiger partial charge in [-0.3, -0.25) is 19.3 Å². The third-order valence-corrected chi connectivity index (χ3v) is 5.70. The van der Waals surface area contributed by atoms with E-state index >= 15 is 0 Å². The minimum Gasteiger partial charge on any atom is -0.462 e. The van der Waals surface area contributed by atoms with Crippen molar-refractivity contribution in [1.82, 2.24) is 4.90 Å². The summed E-state index contributed by atoms with van der Waals surface area (Å²) in [6.45, 7) is 1.63. The predicted octanol–water partition coefficient (Wildman–Crippen LogP) is 5.24. The zero-order valence-corrected chi connectivity index (χ0v) is 19.2. The summed E-state index contributed by atoms with van der Waals surface area (Å²) in [4.78, 5) is 50.5. The van der Waals surface area contributed by atoms with Crippen LogP contribution in [0.2, 0.25) is 10.0 Å². The highest BCUT2D eigenvalue weighted by molar-refractivity contribution is 8.18. The van der Waals surface area contributed by atoms with Gasteiger partial charge in [0.2, 0.25) is 5.91 Å². The van der Waals surface area contributed by atoms with Crippen molar-refractivity contribution in [3.8, 4) is 0 Å². The van der Waals surface area contributed by atoms with Crippen LogP contribution in [0.4, 0.5) is 10.5 Å². The number of hydrogen-bond acceptors (Lipinski definition) is 6. The fourth-order valence-electron chi connectivity index (χ4n) is 2.76. The van der Waals surface area contributed by atoms with E-state index < -0.39 is 29.6 Å². The average molecular weight is 493 g/mol. The summed E-state index contributed by atoms with van der Waals surface area (Å²) < 4.78 is 5.07. The number of imide groups is 1. The van der Waals surface area contributed by atoms with Crippen molar-refractivity contribution in [2.24, 2.45) is 0 Å². The standard InChI is InChI=1S/C22H18Cl2N2O5S/c1-2-8-31-21(29)16-11-15(6-7-17(16)24)25-19(27)12-26-20(28)18(32-22(26)30)10-13-4-3-5-14(23)9-13/h3-7,9-11H,2,8,12H2,1H3,(H,25,27)/b18-10+. The zero-order valence-electron chi connectivity index (χ0n) is 16.9. The van der Waals surface area contributed by atoms with Gasteiger partial charge in [-0.05, 0) is 60.2 Å². The van der Waals surface area contributed by atoms with E-state index in [9.17, 15) is 19.2 Å². The first-order valence-corrected chi connectivity index (χ1v) is 11.1. The second-order valence-corrected chi connectivity index (χ2v) is 8.54. The number of carbonyl (C=O) groups is 4. The van der Waals surface area contributed by atoms with E-state index in [4.69, 9.17) is 27.9 Å². The molecule has 1 N–H and O–H groups in total. The summed E-state index contributed by atoms with van der Waals surface area (Å²) in [6.07, 6.45) is 2.20. The molecule has 2 aromatic carbocycles. The molecule has 1 aliphatic rings. The highest BCUT2D eigenvalue weighted by atomic mass is 35.5. The maximum atomic E-state index is 12.6. The smallest absolute Gasteiger partial charge is 0.339 e. The summed E-state index contributed by atoms with van der Waals surface area (Å²) in [5.41, 5.74) is 1.05. The predicted molar refractivity (Wildman–Crippen MR) is 125 cm³/mol. The van der Waals surface area contributed by atoms with Crippen LogP contribution in [0.25, 0.3) is 6.08 Å². The van der Waals surface area contributed by atoms with Crippen molar-refractivity contribution in [3.05, 3.63) is 68.5 Å². The van der Waals surface area contributed by atoms with E-state index in [0.717, 1.165) is 16.7 Å². The molecule has 1 saturated heterocycles. The summed E-state index contributed by atoms with van der Waals surface area (Å²) >= 11 is 12.7. The number of ether oxygens (including phenoxy) is 1. The molecule has 0 saturated carbocycles. The Labute approximate surface area is 198 Å². The lowest BCUT2D eigenvalue weighted by Crippen LogP contribution is -2.36. The van der Waals surface area contributed by atoms with Crippen molar-refractivity contribution in [1.29, 1.82) is 0 Å². The molecule has 3 rings (SSSR count). The average Bonchev–Trinajstić information content (AvgIpc) is 3.00. The molecule has 0 atom stereocenters. The maximum absolute atomic E-state index is 12.6. The first-order chi connectivity index (χ1) is 15.3. The fourth-order valence-corrected chi connectivity index (χ4v) is 3.99. The van der Waals surface area contributed by atoms with Crippen LogP contribution in [0.3, 0.4) is 0 Å². The van der Waals surface area contributed by atoms with Crippen LogP contribution in [0, 0.1) is 0 Å². The molecule has 0 aromatic heterocycles. The number of benzene rings is 2. The molecule has 1 heterocycles. The maximum Gasteiger partial charge on any atom is 0.339 e. The molecule has 0 spiro atoms. The number of amides is 3. The number of nitrogens with zero attached hydrogens (tertiary/aromatic N) is 1. The van der Waals surface area contributed by atoms with Crippen LogP contribution >= 0.6 is 35.0 Å². The summed E-state index contributed by atoms with van der Waals surface area (Å²) in [6, 6.07) is 11.2. The summed E-state index contributed by atoms with van der Waals surface area (Å²) in [5, 5.41) is 2.69. The fraction of sp³-hybridized carbons (Fsp3) is 0.182. The molecule has 1 fully saturated rings. The van der Waals surface area contributed by atoms with Gasteiger partial charge in [0.05, 0.1) is 22.1 Å². The van der Waals surface area contributed by atoms with Crippen LogP contribution in [-0.4, -0.2) is 41.1 Å². The lowest BCUT2D eigenvalue weighted by molar-refractivity contribution is -0.127. The van der Waals surface area contributed by atoms with Crippen molar-refractivity contribution in [2.45, 2.75) is 13.3 Å². The van der Waals surface area contributed by atoms with Crippen LogP contribution in [-0.2, 0) is 14.3 Å². The quantitative estimate of drug-likeness (QED) is 0.419. The third-order valence-electron chi connectivity index (χ3n) is 4.23. The van der Waals surface area contributed by atoms with Gasteiger partial charge < -0.3 is 10.1 Å². The number of carbonyl (C=O) groups excluding carboxylic acids is 4. The number of thioether (sulfide) groups is 1. The van der Waals surface area contributed by atoms with E-state index in [1.807, 2.05) is 6.92 Å². The van der Waals surface area contributed by atoms with E-state index in [2.05, 4.69) is 5.32 Å². The molecule has 3 amide bonds. The number of halogens is 2. The molecule has 0 bridgehead atoms. The Kier molecular flexibility index (Phi) is 7.95. The van der Waals surface area contributed by atoms with Crippen LogP contribution in [0.1, 0.15) is 29.3 Å². The van der Waals surface area contributed by atoms with E-state index in [0.29, 0.717) is 17.0 Å². The third kappa shape index (κ3) is 5.91. The van der Waals surface area contributed by atoms with Crippen LogP contribution in [0.5, 0.6) is 0 Å². The van der Waals surface area contributed by atoms with Gasteiger partial charge in [-0.1, -0.05) is 42.3 Å². The van der Waals surface area contributed by atoms with E-state index in [1.54, 1.807) is 30.3 Å². The van der Waals surface area contributed by atoms with E-state index in [1.165, 1.54) is 18.2 Å². The molecule has 2 aromatic rings. The van der Waals surface area contributed by atoms with Crippen molar-refractivity contribution < 1.29 is 23.9 Å². The zero-order chi connectivity index (χ0) is 23.3. The highest BCUT2D eigenvalue weighted by Crippen LogP contribution is 2.32. The van der Waals surface area contributed by atoms with Gasteiger partial charge in [-0.2, -0.15) is 0 Å². The molecule has 1 aliphatic heterocycles. The van der Waals surface area contributed by atoms with Gasteiger partial charge in [0, 0.05) is 10.7 Å². The molecular formula is C22H18Cl2N2O5S. The van der Waals surface area contributed by atoms with Crippen LogP contribution < -0.4 is 5.32 Å². The lowest BCUT2D eigenvalue weighted by atomic mass is 10.2. The van der Waals surface area contributed by atoms with Gasteiger partial charge in [-0.25, -0.2) is 4.79 Å². The van der Waals surface area contributed by atoms with Crippen molar-refractivity contribution >= 4 is 69.8 Å². The largest absolute Gasteiger partial charge is 0.462 e. The normalized spacial score (nSPS) is 14.7. The van der Waals surface area contributed by atoms with Gasteiger partial charge in [0.1, 0.15) is 6.54 Å². The van der Waals surface area contributed by atoms with Crippen LogP contribution in [0.15, 0.2) is 47.4 Å². The SMILES string of the molecule is CCCOC(=O)c1cc(NC(=O)CN2C(=O)S/C(=C/c3cccc(Cl)c3)C2=O)ccc1Cl. The highest BCUT2D eigenvalue weighted by Gasteiger charge is 2.36. The molecule has 0 unspecified atom stereocenters. The molecule has 7 nitrogen and oxygen atoms in total. The first kappa shape index (κ1) is 23.8. The lowest BCUT2D eigenvalue weighted by Gasteiger charge is -2.13. The Hall–Kier alpha value is -2.81. The monoisotopic (exact) mass is 492 g/mol. The van der Waals surface area contributed by atoms with Crippen molar-refractivity contribution in [2.75, 3.05) is 18.5 Å². The van der Waals surface area contributed by atoms with E-state index in [-0.39, 0.29) is 27.8 Å². The molecule has 0 radical (unpaired) electrons. The number of esters is 1. The molecular weight excluding hydrogens is 475 g/mol. The Balaban J connectivity index is 1.68. The number of rotatable bonds is 7. The number of hydrogen-bond donors (Lipinski definition) is 1. The van der Waals surface area contributed by atoms with Gasteiger partial charge in [0.15, 0.2) is 0 Å². The second kappa shape index (κ2) is 10.7. The summed E-state index contributed by atoms with van der Waals surface area (Å²) in [7, 11) is 0. The Morgan fingerprint density at radius 3 is 2.66 bits per heavy atom. The minimum absolute atomic E-state index is 0.105. The van der Waals surface area contributed by atoms with Gasteiger partial charge in [-0.15, -0.1) is 0 Å². The summed E-state index contributed by atoms with van der Waals surface area (Å²) in [5.74, 6) is -1.79. The Morgan fingerprint density at radius 2 is 1.94 bits per heavy atom. The minimum atomic E-state index is -0.606. The van der Waals surface area contributed by atoms with Gasteiger partial charge in [0.25, 0.3) is 11.1 Å². The molecule has 0 aliphatic carbocycles. The topological polar surface area (TPSA) is 92.8 Å².